The Hall–Kier alpha value is -3.13. The molecule has 0 bridgehead atoms. The largest absolute Gasteiger partial charge is 0.477 e. The molecule has 0 amide bonds. The predicted molar refractivity (Wildman–Crippen MR) is 97.3 cm³/mol. The van der Waals surface area contributed by atoms with Crippen LogP contribution in [0.3, 0.4) is 0 Å². The molecule has 2 atom stereocenters. The normalized spacial score (nSPS) is 19.4. The maximum absolute atomic E-state index is 14.5. The molecule has 1 heterocycles. The van der Waals surface area contributed by atoms with Crippen molar-refractivity contribution in [2.45, 2.75) is 31.7 Å². The molecule has 152 valence electrons. The zero-order valence-corrected chi connectivity index (χ0v) is 15.6. The number of esters is 1. The highest BCUT2D eigenvalue weighted by atomic mass is 19.3. The topological polar surface area (TPSA) is 89.9 Å². The van der Waals surface area contributed by atoms with Crippen molar-refractivity contribution in [1.29, 1.82) is 0 Å². The Morgan fingerprint density at radius 3 is 2.07 bits per heavy atom. The third-order valence-corrected chi connectivity index (χ3v) is 4.53. The van der Waals surface area contributed by atoms with E-state index in [1.165, 1.54) is 26.0 Å². The van der Waals surface area contributed by atoms with Crippen LogP contribution in [0.4, 0.5) is 8.78 Å². The molecule has 1 fully saturated rings. The van der Waals surface area contributed by atoms with Gasteiger partial charge in [-0.05, 0) is 11.1 Å². The van der Waals surface area contributed by atoms with E-state index >= 15 is 0 Å². The van der Waals surface area contributed by atoms with E-state index in [4.69, 9.17) is 14.6 Å². The second kappa shape index (κ2) is 7.36. The molecule has 0 aromatic heterocycles. The quantitative estimate of drug-likeness (QED) is 0.585. The molecule has 2 unspecified atom stereocenters. The number of rotatable bonds is 6. The minimum Gasteiger partial charge on any atom is -0.477 e. The first-order valence-electron chi connectivity index (χ1n) is 8.74. The molecule has 2 aromatic rings. The number of carbonyl (C=O) groups excluding carboxylic acids is 2. The van der Waals surface area contributed by atoms with Crippen molar-refractivity contribution in [3.63, 3.8) is 0 Å². The van der Waals surface area contributed by atoms with Crippen molar-refractivity contribution in [3.8, 4) is 11.1 Å². The van der Waals surface area contributed by atoms with Crippen molar-refractivity contribution in [2.75, 3.05) is 0 Å². The number of carboxylic acid groups (broad SMARTS) is 1. The summed E-state index contributed by atoms with van der Waals surface area (Å²) in [5, 5.41) is 8.97. The lowest BCUT2D eigenvalue weighted by atomic mass is 9.86. The summed E-state index contributed by atoms with van der Waals surface area (Å²) in [5.41, 5.74) is 1.42. The number of Topliss-reactive ketones (excluding diaryl/α,β-unsaturated/α-hetero) is 1. The maximum atomic E-state index is 14.5. The Labute approximate surface area is 165 Å². The van der Waals surface area contributed by atoms with Crippen LogP contribution in [0.15, 0.2) is 54.6 Å². The van der Waals surface area contributed by atoms with E-state index in [1.54, 1.807) is 12.1 Å². The number of aliphatic carboxylic acids is 1. The lowest BCUT2D eigenvalue weighted by molar-refractivity contribution is -0.185. The number of carbonyl (C=O) groups is 3. The van der Waals surface area contributed by atoms with Gasteiger partial charge in [0.15, 0.2) is 11.9 Å². The second-order valence-corrected chi connectivity index (χ2v) is 7.07. The first kappa shape index (κ1) is 20.6. The molecular weight excluding hydrogens is 386 g/mol. The fourth-order valence-electron chi connectivity index (χ4n) is 3.14. The van der Waals surface area contributed by atoms with Gasteiger partial charge in [0.25, 0.3) is 0 Å². The molecule has 1 N–H and O–H groups in total. The van der Waals surface area contributed by atoms with Gasteiger partial charge in [-0.3, -0.25) is 4.79 Å². The number of hydrogen-bond donors (Lipinski definition) is 1. The van der Waals surface area contributed by atoms with Gasteiger partial charge in [-0.15, -0.1) is 0 Å². The van der Waals surface area contributed by atoms with Crippen molar-refractivity contribution in [3.05, 3.63) is 60.2 Å². The van der Waals surface area contributed by atoms with Crippen LogP contribution in [-0.2, 0) is 19.1 Å². The van der Waals surface area contributed by atoms with Crippen LogP contribution >= 0.6 is 0 Å². The number of hydrogen-bond acceptors (Lipinski definition) is 5. The van der Waals surface area contributed by atoms with Crippen LogP contribution in [0, 0.1) is 5.92 Å². The fourth-order valence-corrected chi connectivity index (χ4v) is 3.14. The van der Waals surface area contributed by atoms with Crippen LogP contribution < -0.4 is 0 Å². The number of ketones is 1. The summed E-state index contributed by atoms with van der Waals surface area (Å²) in [7, 11) is 0. The molecule has 6 nitrogen and oxygen atoms in total. The van der Waals surface area contributed by atoms with Crippen LogP contribution in [0.5, 0.6) is 0 Å². The maximum Gasteiger partial charge on any atom is 0.375 e. The molecule has 0 radical (unpaired) electrons. The van der Waals surface area contributed by atoms with Gasteiger partial charge in [0.2, 0.25) is 5.79 Å². The Kier molecular flexibility index (Phi) is 5.23. The fraction of sp³-hybridized carbons (Fsp3) is 0.286. The van der Waals surface area contributed by atoms with Gasteiger partial charge in [0.05, 0.1) is 0 Å². The molecule has 1 aliphatic heterocycles. The number of ether oxygens (including phenoxy) is 2. The highest BCUT2D eigenvalue weighted by molar-refractivity contribution is 6.04. The average molecular weight is 404 g/mol. The Morgan fingerprint density at radius 2 is 1.59 bits per heavy atom. The molecular formula is C21H18F2O6. The summed E-state index contributed by atoms with van der Waals surface area (Å²) < 4.78 is 38.9. The molecule has 0 spiro atoms. The van der Waals surface area contributed by atoms with Gasteiger partial charge in [0, 0.05) is 19.4 Å². The molecule has 1 saturated heterocycles. The van der Waals surface area contributed by atoms with Gasteiger partial charge >= 0.3 is 17.9 Å². The molecule has 1 aliphatic rings. The zero-order chi connectivity index (χ0) is 21.4. The lowest BCUT2D eigenvalue weighted by Crippen LogP contribution is -2.50. The van der Waals surface area contributed by atoms with Gasteiger partial charge < -0.3 is 14.6 Å². The zero-order valence-electron chi connectivity index (χ0n) is 15.6. The summed E-state index contributed by atoms with van der Waals surface area (Å²) in [6, 6.07) is 14.9. The molecule has 0 saturated carbocycles. The minimum absolute atomic E-state index is 0.170. The number of alkyl halides is 2. The second-order valence-electron chi connectivity index (χ2n) is 7.07. The van der Waals surface area contributed by atoms with E-state index in [1.807, 2.05) is 30.3 Å². The van der Waals surface area contributed by atoms with Crippen molar-refractivity contribution in [2.24, 2.45) is 5.92 Å². The monoisotopic (exact) mass is 404 g/mol. The smallest absolute Gasteiger partial charge is 0.375 e. The SMILES string of the molecule is CC1(C)OC(=O)C(C(C(=O)c2ccc(-c3ccccc3)cc2)C(F)(F)C(=O)O)O1. The van der Waals surface area contributed by atoms with Crippen LogP contribution in [0.2, 0.25) is 0 Å². The van der Waals surface area contributed by atoms with Crippen molar-refractivity contribution in [1.82, 2.24) is 0 Å². The number of cyclic esters (lactones) is 1. The summed E-state index contributed by atoms with van der Waals surface area (Å²) in [5.74, 6) is -13.6. The first-order valence-corrected chi connectivity index (χ1v) is 8.74. The summed E-state index contributed by atoms with van der Waals surface area (Å²) in [4.78, 5) is 36.1. The molecule has 2 aromatic carbocycles. The van der Waals surface area contributed by atoms with Crippen LogP contribution in [-0.4, -0.2) is 40.6 Å². The standard InChI is InChI=1S/C21H18F2O6/c1-20(2)28-17(18(25)29-20)15(21(22,23)19(26)27)16(24)14-10-8-13(9-11-14)12-6-4-3-5-7-12/h3-11,15,17H,1-2H3,(H,26,27). The van der Waals surface area contributed by atoms with Crippen LogP contribution in [0.25, 0.3) is 11.1 Å². The minimum atomic E-state index is -4.54. The molecule has 29 heavy (non-hydrogen) atoms. The summed E-state index contributed by atoms with van der Waals surface area (Å²) in [6.07, 6.45) is -2.04. The first-order chi connectivity index (χ1) is 13.5. The van der Waals surface area contributed by atoms with E-state index < -0.39 is 41.5 Å². The average Bonchev–Trinajstić information content (AvgIpc) is 2.94. The van der Waals surface area contributed by atoms with E-state index in [0.717, 1.165) is 11.1 Å². The summed E-state index contributed by atoms with van der Waals surface area (Å²) in [6.45, 7) is 2.61. The number of carboxylic acids is 1. The van der Waals surface area contributed by atoms with Crippen molar-refractivity contribution < 1.29 is 37.7 Å². The highest BCUT2D eigenvalue weighted by Gasteiger charge is 2.61. The van der Waals surface area contributed by atoms with Gasteiger partial charge in [-0.1, -0.05) is 54.6 Å². The highest BCUT2D eigenvalue weighted by Crippen LogP contribution is 2.38. The summed E-state index contributed by atoms with van der Waals surface area (Å²) >= 11 is 0. The van der Waals surface area contributed by atoms with E-state index in [-0.39, 0.29) is 5.56 Å². The van der Waals surface area contributed by atoms with E-state index in [9.17, 15) is 23.2 Å². The van der Waals surface area contributed by atoms with Gasteiger partial charge in [0.1, 0.15) is 5.92 Å². The molecule has 3 rings (SSSR count). The van der Waals surface area contributed by atoms with E-state index in [0.29, 0.717) is 0 Å². The predicted octanol–water partition coefficient (Wildman–Crippen LogP) is 3.55. The third-order valence-electron chi connectivity index (χ3n) is 4.53. The van der Waals surface area contributed by atoms with Gasteiger partial charge in [-0.25, -0.2) is 9.59 Å². The third kappa shape index (κ3) is 4.02. The number of halogens is 2. The van der Waals surface area contributed by atoms with E-state index in [2.05, 4.69) is 0 Å². The molecule has 0 aliphatic carbocycles. The Bertz CT molecular complexity index is 937. The molecule has 8 heteroatoms. The Balaban J connectivity index is 1.97. The van der Waals surface area contributed by atoms with Crippen LogP contribution in [0.1, 0.15) is 24.2 Å². The van der Waals surface area contributed by atoms with Gasteiger partial charge in [-0.2, -0.15) is 8.78 Å². The van der Waals surface area contributed by atoms with Crippen molar-refractivity contribution >= 4 is 17.7 Å². The Morgan fingerprint density at radius 1 is 1.03 bits per heavy atom. The number of benzene rings is 2. The lowest BCUT2D eigenvalue weighted by Gasteiger charge is -2.26.